The van der Waals surface area contributed by atoms with Gasteiger partial charge in [0, 0.05) is 50.3 Å². The van der Waals surface area contributed by atoms with Crippen LogP contribution in [-0.4, -0.2) is 21.3 Å². The zero-order chi connectivity index (χ0) is 22.8. The quantitative estimate of drug-likeness (QED) is 0.301. The molecule has 2 aromatic heterocycles. The second-order valence-corrected chi connectivity index (χ2v) is 8.28. The van der Waals surface area contributed by atoms with Gasteiger partial charge in [-0.15, -0.1) is 0 Å². The lowest BCUT2D eigenvalue weighted by Crippen LogP contribution is -2.18. The third kappa shape index (κ3) is 4.25. The van der Waals surface area contributed by atoms with E-state index in [1.807, 2.05) is 76.2 Å². The summed E-state index contributed by atoms with van der Waals surface area (Å²) in [5.74, 6) is -0.255. The first-order chi connectivity index (χ1) is 15.3. The minimum absolute atomic E-state index is 0.255. The molecule has 6 heteroatoms. The van der Waals surface area contributed by atoms with E-state index in [1.54, 1.807) is 12.3 Å². The van der Waals surface area contributed by atoms with E-state index in [-0.39, 0.29) is 5.91 Å². The summed E-state index contributed by atoms with van der Waals surface area (Å²) in [7, 11) is 0. The number of rotatable bonds is 5. The molecule has 2 aromatic carbocycles. The summed E-state index contributed by atoms with van der Waals surface area (Å²) < 4.78 is 4.23. The Morgan fingerprint density at radius 2 is 1.50 bits per heavy atom. The third-order valence-corrected chi connectivity index (χ3v) is 5.78. The first-order valence-corrected chi connectivity index (χ1v) is 10.8. The fourth-order valence-electron chi connectivity index (χ4n) is 4.02. The maximum atomic E-state index is 12.7. The average molecular weight is 445 g/mol. The van der Waals surface area contributed by atoms with E-state index in [4.69, 9.17) is 11.6 Å². The van der Waals surface area contributed by atoms with Crippen molar-refractivity contribution in [2.75, 3.05) is 0 Å². The summed E-state index contributed by atoms with van der Waals surface area (Å²) in [6, 6.07) is 21.4. The Labute approximate surface area is 193 Å². The molecule has 0 aliphatic heterocycles. The Hall–Kier alpha value is -3.57. The molecule has 1 amide bonds. The van der Waals surface area contributed by atoms with Crippen molar-refractivity contribution in [1.29, 1.82) is 0 Å². The maximum Gasteiger partial charge on any atom is 0.271 e. The highest BCUT2D eigenvalue weighted by atomic mass is 35.5. The van der Waals surface area contributed by atoms with Crippen molar-refractivity contribution in [3.05, 3.63) is 106 Å². The third-order valence-electron chi connectivity index (χ3n) is 5.54. The van der Waals surface area contributed by atoms with Crippen molar-refractivity contribution < 1.29 is 4.79 Å². The van der Waals surface area contributed by atoms with Crippen LogP contribution in [0.1, 0.15) is 38.7 Å². The zero-order valence-corrected chi connectivity index (χ0v) is 19.3. The summed E-state index contributed by atoms with van der Waals surface area (Å²) in [6.45, 7) is 8.14. The van der Waals surface area contributed by atoms with Gasteiger partial charge >= 0.3 is 0 Å². The van der Waals surface area contributed by atoms with Crippen LogP contribution in [0.5, 0.6) is 0 Å². The summed E-state index contributed by atoms with van der Waals surface area (Å²) in [5.41, 5.74) is 10.4. The van der Waals surface area contributed by atoms with Crippen LogP contribution in [0.15, 0.2) is 71.8 Å². The number of hydrogen-bond acceptors (Lipinski definition) is 2. The fraction of sp³-hybridized carbons (Fsp3) is 0.154. The van der Waals surface area contributed by atoms with Crippen molar-refractivity contribution in [2.45, 2.75) is 27.7 Å². The average Bonchev–Trinajstić information content (AvgIpc) is 3.25. The summed E-state index contributed by atoms with van der Waals surface area (Å²) in [4.78, 5) is 12.7. The van der Waals surface area contributed by atoms with Crippen LogP contribution in [0.2, 0.25) is 5.02 Å². The molecule has 0 aliphatic carbocycles. The molecule has 0 saturated carbocycles. The summed E-state index contributed by atoms with van der Waals surface area (Å²) in [5, 5.41) is 4.89. The Morgan fingerprint density at radius 1 is 0.844 bits per heavy atom. The highest BCUT2D eigenvalue weighted by Crippen LogP contribution is 2.22. The fourth-order valence-corrected chi connectivity index (χ4v) is 4.20. The number of benzene rings is 2. The molecule has 162 valence electrons. The van der Waals surface area contributed by atoms with Gasteiger partial charge in [0.15, 0.2) is 0 Å². The van der Waals surface area contributed by atoms with E-state index in [9.17, 15) is 4.79 Å². The molecule has 0 bridgehead atoms. The molecule has 0 atom stereocenters. The molecule has 5 nitrogen and oxygen atoms in total. The van der Waals surface area contributed by atoms with E-state index < -0.39 is 0 Å². The van der Waals surface area contributed by atoms with Crippen molar-refractivity contribution in [2.24, 2.45) is 5.10 Å². The molecular weight excluding hydrogens is 420 g/mol. The van der Waals surface area contributed by atoms with Crippen molar-refractivity contribution >= 4 is 23.7 Å². The number of hydrazone groups is 1. The molecule has 0 aliphatic rings. The van der Waals surface area contributed by atoms with Gasteiger partial charge in [0.2, 0.25) is 0 Å². The molecule has 0 fully saturated rings. The normalized spacial score (nSPS) is 11.3. The van der Waals surface area contributed by atoms with E-state index in [2.05, 4.69) is 31.8 Å². The Kier molecular flexibility index (Phi) is 6.01. The van der Waals surface area contributed by atoms with Gasteiger partial charge in [-0.3, -0.25) is 4.79 Å². The van der Waals surface area contributed by atoms with Crippen LogP contribution in [0.25, 0.3) is 11.4 Å². The SMILES string of the molecule is Cc1ccc(C)n1-c1cccc(C(=O)N/N=C\c2cc(C)n(-c3cccc(Cl)c3)c2C)c1. The summed E-state index contributed by atoms with van der Waals surface area (Å²) >= 11 is 6.16. The molecule has 0 spiro atoms. The van der Waals surface area contributed by atoms with Crippen LogP contribution >= 0.6 is 11.6 Å². The number of aromatic nitrogens is 2. The molecule has 4 aromatic rings. The second-order valence-electron chi connectivity index (χ2n) is 7.84. The van der Waals surface area contributed by atoms with Crippen LogP contribution in [0, 0.1) is 27.7 Å². The van der Waals surface area contributed by atoms with Crippen LogP contribution < -0.4 is 5.43 Å². The van der Waals surface area contributed by atoms with Gasteiger partial charge in [-0.1, -0.05) is 23.7 Å². The maximum absolute atomic E-state index is 12.7. The van der Waals surface area contributed by atoms with E-state index in [0.29, 0.717) is 10.6 Å². The highest BCUT2D eigenvalue weighted by molar-refractivity contribution is 6.30. The van der Waals surface area contributed by atoms with Crippen molar-refractivity contribution in [3.63, 3.8) is 0 Å². The molecule has 2 heterocycles. The number of halogens is 1. The highest BCUT2D eigenvalue weighted by Gasteiger charge is 2.11. The van der Waals surface area contributed by atoms with E-state index >= 15 is 0 Å². The second kappa shape index (κ2) is 8.89. The standard InChI is InChI=1S/C26H25ClN4O/c1-17-11-12-18(2)30(17)24-9-5-7-21(14-24)26(32)29-28-16-22-13-19(3)31(20(22)4)25-10-6-8-23(27)15-25/h5-16H,1-4H3,(H,29,32)/b28-16-. The lowest BCUT2D eigenvalue weighted by Gasteiger charge is -2.10. The first-order valence-electron chi connectivity index (χ1n) is 10.4. The molecule has 0 radical (unpaired) electrons. The first kappa shape index (κ1) is 21.7. The van der Waals surface area contributed by atoms with Gasteiger partial charge in [-0.2, -0.15) is 5.10 Å². The summed E-state index contributed by atoms with van der Waals surface area (Å²) in [6.07, 6.45) is 1.67. The van der Waals surface area contributed by atoms with Crippen LogP contribution in [-0.2, 0) is 0 Å². The number of carbonyl (C=O) groups is 1. The topological polar surface area (TPSA) is 51.3 Å². The van der Waals surface area contributed by atoms with Crippen molar-refractivity contribution in [1.82, 2.24) is 14.6 Å². The van der Waals surface area contributed by atoms with Gasteiger partial charge in [0.1, 0.15) is 0 Å². The molecule has 0 unspecified atom stereocenters. The predicted octanol–water partition coefficient (Wildman–Crippen LogP) is 5.92. The number of amides is 1. The van der Waals surface area contributed by atoms with Gasteiger partial charge in [-0.05, 0) is 82.3 Å². The van der Waals surface area contributed by atoms with Gasteiger partial charge in [-0.25, -0.2) is 5.43 Å². The molecular formula is C26H25ClN4O. The molecule has 1 N–H and O–H groups in total. The zero-order valence-electron chi connectivity index (χ0n) is 18.6. The van der Waals surface area contributed by atoms with Crippen LogP contribution in [0.4, 0.5) is 0 Å². The molecule has 32 heavy (non-hydrogen) atoms. The van der Waals surface area contributed by atoms with E-state index in [0.717, 1.165) is 39.7 Å². The predicted molar refractivity (Wildman–Crippen MR) is 131 cm³/mol. The largest absolute Gasteiger partial charge is 0.318 e. The Balaban J connectivity index is 1.52. The van der Waals surface area contributed by atoms with Gasteiger partial charge in [0.05, 0.1) is 6.21 Å². The minimum atomic E-state index is -0.255. The van der Waals surface area contributed by atoms with Gasteiger partial charge < -0.3 is 9.13 Å². The molecule has 0 saturated heterocycles. The van der Waals surface area contributed by atoms with Crippen LogP contribution in [0.3, 0.4) is 0 Å². The number of nitrogens with zero attached hydrogens (tertiary/aromatic N) is 3. The number of carbonyl (C=O) groups excluding carboxylic acids is 1. The van der Waals surface area contributed by atoms with Gasteiger partial charge in [0.25, 0.3) is 5.91 Å². The Bertz CT molecular complexity index is 1310. The smallest absolute Gasteiger partial charge is 0.271 e. The minimum Gasteiger partial charge on any atom is -0.318 e. The Morgan fingerprint density at radius 3 is 2.19 bits per heavy atom. The van der Waals surface area contributed by atoms with Crippen molar-refractivity contribution in [3.8, 4) is 11.4 Å². The number of aryl methyl sites for hydroxylation is 3. The lowest BCUT2D eigenvalue weighted by molar-refractivity contribution is 0.0955. The number of hydrogen-bond donors (Lipinski definition) is 1. The lowest BCUT2D eigenvalue weighted by atomic mass is 10.2. The van der Waals surface area contributed by atoms with E-state index in [1.165, 1.54) is 0 Å². The monoisotopic (exact) mass is 444 g/mol. The molecule has 4 rings (SSSR count). The number of nitrogens with one attached hydrogen (secondary N) is 1.